The fourth-order valence-electron chi connectivity index (χ4n) is 4.13. The van der Waals surface area contributed by atoms with E-state index in [4.69, 9.17) is 5.73 Å². The van der Waals surface area contributed by atoms with Crippen LogP contribution in [-0.2, 0) is 0 Å². The van der Waals surface area contributed by atoms with Crippen molar-refractivity contribution in [1.82, 2.24) is 9.88 Å². The van der Waals surface area contributed by atoms with Crippen molar-refractivity contribution in [3.8, 4) is 0 Å². The third-order valence-corrected chi connectivity index (χ3v) is 6.69. The molecule has 0 bridgehead atoms. The summed E-state index contributed by atoms with van der Waals surface area (Å²) in [5.41, 5.74) is 6.02. The Morgan fingerprint density at radius 3 is 2.67 bits per heavy atom. The van der Waals surface area contributed by atoms with Crippen LogP contribution in [0.4, 0.5) is 5.82 Å². The largest absolute Gasteiger partial charge is 0.353 e. The van der Waals surface area contributed by atoms with E-state index in [2.05, 4.69) is 32.3 Å². The minimum Gasteiger partial charge on any atom is -0.353 e. The molecule has 2 fully saturated rings. The Kier molecular flexibility index (Phi) is 5.01. The zero-order valence-corrected chi connectivity index (χ0v) is 15.2. The van der Waals surface area contributed by atoms with Crippen molar-refractivity contribution in [3.05, 3.63) is 23.7 Å². The van der Waals surface area contributed by atoms with Gasteiger partial charge >= 0.3 is 0 Å². The van der Waals surface area contributed by atoms with Gasteiger partial charge in [0.15, 0.2) is 0 Å². The number of hydrogen-bond donors (Lipinski definition) is 1. The molecular formula is C19H28N4S. The van der Waals surface area contributed by atoms with Crippen molar-refractivity contribution in [1.29, 1.82) is 0 Å². The smallest absolute Gasteiger partial charge is 0.146 e. The first-order valence-electron chi connectivity index (χ1n) is 9.34. The SMILES string of the molecule is N[C@H]1CC[C@H](CCN2CCN(c3nccc4ccsc34)CC2)CC1. The lowest BCUT2D eigenvalue weighted by molar-refractivity contribution is 0.216. The lowest BCUT2D eigenvalue weighted by atomic mass is 9.84. The Morgan fingerprint density at radius 1 is 1.08 bits per heavy atom. The molecule has 0 spiro atoms. The van der Waals surface area contributed by atoms with Crippen molar-refractivity contribution in [3.63, 3.8) is 0 Å². The highest BCUT2D eigenvalue weighted by Crippen LogP contribution is 2.30. The third kappa shape index (κ3) is 3.58. The monoisotopic (exact) mass is 344 g/mol. The fraction of sp³-hybridized carbons (Fsp3) is 0.632. The Morgan fingerprint density at radius 2 is 1.88 bits per heavy atom. The number of rotatable bonds is 4. The first kappa shape index (κ1) is 16.3. The highest BCUT2D eigenvalue weighted by molar-refractivity contribution is 7.17. The van der Waals surface area contributed by atoms with E-state index in [1.54, 1.807) is 0 Å². The van der Waals surface area contributed by atoms with E-state index in [0.717, 1.165) is 32.1 Å². The van der Waals surface area contributed by atoms with Gasteiger partial charge in [-0.25, -0.2) is 4.98 Å². The summed E-state index contributed by atoms with van der Waals surface area (Å²) >= 11 is 1.81. The maximum Gasteiger partial charge on any atom is 0.146 e. The van der Waals surface area contributed by atoms with Gasteiger partial charge < -0.3 is 10.6 Å². The minimum atomic E-state index is 0.470. The van der Waals surface area contributed by atoms with Gasteiger partial charge in [-0.15, -0.1) is 11.3 Å². The summed E-state index contributed by atoms with van der Waals surface area (Å²) in [6.07, 6.45) is 8.44. The van der Waals surface area contributed by atoms with Gasteiger partial charge in [0.25, 0.3) is 0 Å². The van der Waals surface area contributed by atoms with E-state index in [1.807, 2.05) is 17.5 Å². The molecule has 130 valence electrons. The number of thiophene rings is 1. The average molecular weight is 345 g/mol. The number of fused-ring (bicyclic) bond motifs is 1. The van der Waals surface area contributed by atoms with Crippen molar-refractivity contribution in [2.45, 2.75) is 38.1 Å². The van der Waals surface area contributed by atoms with Crippen LogP contribution in [0.2, 0.25) is 0 Å². The zero-order chi connectivity index (χ0) is 16.4. The van der Waals surface area contributed by atoms with Crippen molar-refractivity contribution in [2.24, 2.45) is 11.7 Å². The molecule has 0 radical (unpaired) electrons. The summed E-state index contributed by atoms with van der Waals surface area (Å²) in [7, 11) is 0. The lowest BCUT2D eigenvalue weighted by Gasteiger charge is -2.36. The first-order chi connectivity index (χ1) is 11.8. The summed E-state index contributed by atoms with van der Waals surface area (Å²) in [5, 5.41) is 3.49. The highest BCUT2D eigenvalue weighted by Gasteiger charge is 2.22. The van der Waals surface area contributed by atoms with E-state index in [0.29, 0.717) is 6.04 Å². The van der Waals surface area contributed by atoms with Crippen LogP contribution >= 0.6 is 11.3 Å². The number of nitrogens with two attached hydrogens (primary N) is 1. The topological polar surface area (TPSA) is 45.4 Å². The average Bonchev–Trinajstić information content (AvgIpc) is 3.10. The van der Waals surface area contributed by atoms with Crippen LogP contribution in [0, 0.1) is 5.92 Å². The van der Waals surface area contributed by atoms with Crippen LogP contribution < -0.4 is 10.6 Å². The zero-order valence-electron chi connectivity index (χ0n) is 14.4. The van der Waals surface area contributed by atoms with E-state index >= 15 is 0 Å². The molecule has 4 nitrogen and oxygen atoms in total. The van der Waals surface area contributed by atoms with Gasteiger partial charge in [-0.3, -0.25) is 4.90 Å². The van der Waals surface area contributed by atoms with Crippen LogP contribution in [0.5, 0.6) is 0 Å². The van der Waals surface area contributed by atoms with Crippen molar-refractivity contribution < 1.29 is 0 Å². The Hall–Kier alpha value is -1.17. The van der Waals surface area contributed by atoms with Crippen LogP contribution in [0.1, 0.15) is 32.1 Å². The maximum atomic E-state index is 6.02. The molecule has 3 heterocycles. The van der Waals surface area contributed by atoms with Gasteiger partial charge in [-0.1, -0.05) is 0 Å². The molecule has 1 aliphatic heterocycles. The molecule has 5 heteroatoms. The molecule has 2 aromatic rings. The summed E-state index contributed by atoms with van der Waals surface area (Å²) < 4.78 is 1.34. The van der Waals surface area contributed by atoms with E-state index in [-0.39, 0.29) is 0 Å². The molecule has 0 aromatic carbocycles. The maximum absolute atomic E-state index is 6.02. The summed E-state index contributed by atoms with van der Waals surface area (Å²) in [6, 6.07) is 4.77. The Bertz CT molecular complexity index is 654. The predicted molar refractivity (Wildman–Crippen MR) is 103 cm³/mol. The second-order valence-electron chi connectivity index (χ2n) is 7.37. The van der Waals surface area contributed by atoms with Crippen LogP contribution in [0.3, 0.4) is 0 Å². The second-order valence-corrected chi connectivity index (χ2v) is 8.29. The number of piperazine rings is 1. The quantitative estimate of drug-likeness (QED) is 0.924. The molecule has 1 saturated carbocycles. The molecule has 4 rings (SSSR count). The molecule has 1 saturated heterocycles. The van der Waals surface area contributed by atoms with Gasteiger partial charge in [0, 0.05) is 38.4 Å². The highest BCUT2D eigenvalue weighted by atomic mass is 32.1. The molecular weight excluding hydrogens is 316 g/mol. The second kappa shape index (κ2) is 7.38. The summed E-state index contributed by atoms with van der Waals surface area (Å²) in [6.45, 7) is 5.77. The van der Waals surface area contributed by atoms with Crippen molar-refractivity contribution >= 4 is 27.2 Å². The standard InChI is InChI=1S/C19H28N4S/c20-17-3-1-15(2-4-17)6-9-22-10-12-23(13-11-22)19-18-16(5-8-21-19)7-14-24-18/h5,7-8,14-15,17H,1-4,6,9-13,20H2/t15-,17-. The van der Waals surface area contributed by atoms with Crippen LogP contribution in [0.25, 0.3) is 10.1 Å². The molecule has 0 unspecified atom stereocenters. The molecule has 1 aliphatic carbocycles. The van der Waals surface area contributed by atoms with E-state index in [1.165, 1.54) is 54.6 Å². The van der Waals surface area contributed by atoms with Gasteiger partial charge in [-0.05, 0) is 67.5 Å². The molecule has 0 amide bonds. The van der Waals surface area contributed by atoms with Crippen LogP contribution in [0.15, 0.2) is 23.7 Å². The number of nitrogens with zero attached hydrogens (tertiary/aromatic N) is 3. The van der Waals surface area contributed by atoms with E-state index in [9.17, 15) is 0 Å². The molecule has 2 N–H and O–H groups in total. The third-order valence-electron chi connectivity index (χ3n) is 5.77. The first-order valence-corrected chi connectivity index (χ1v) is 10.2. The van der Waals surface area contributed by atoms with E-state index < -0.39 is 0 Å². The minimum absolute atomic E-state index is 0.470. The fourth-order valence-corrected chi connectivity index (χ4v) is 5.04. The van der Waals surface area contributed by atoms with Crippen molar-refractivity contribution in [2.75, 3.05) is 37.6 Å². The Labute approximate surface area is 148 Å². The number of pyridine rings is 1. The van der Waals surface area contributed by atoms with Gasteiger partial charge in [0.1, 0.15) is 5.82 Å². The van der Waals surface area contributed by atoms with Gasteiger partial charge in [-0.2, -0.15) is 0 Å². The summed E-state index contributed by atoms with van der Waals surface area (Å²) in [5.74, 6) is 2.09. The molecule has 0 atom stereocenters. The molecule has 24 heavy (non-hydrogen) atoms. The molecule has 2 aromatic heterocycles. The van der Waals surface area contributed by atoms with Gasteiger partial charge in [0.05, 0.1) is 4.70 Å². The lowest BCUT2D eigenvalue weighted by Crippen LogP contribution is -2.47. The number of hydrogen-bond acceptors (Lipinski definition) is 5. The number of anilines is 1. The summed E-state index contributed by atoms with van der Waals surface area (Å²) in [4.78, 5) is 9.77. The Balaban J connectivity index is 1.28. The van der Waals surface area contributed by atoms with Gasteiger partial charge in [0.2, 0.25) is 0 Å². The normalized spacial score (nSPS) is 26.1. The number of aromatic nitrogens is 1. The van der Waals surface area contributed by atoms with Crippen LogP contribution in [-0.4, -0.2) is 48.6 Å². The molecule has 2 aliphatic rings. The predicted octanol–water partition coefficient (Wildman–Crippen LogP) is 3.33.